The third kappa shape index (κ3) is 4.38. The maximum absolute atomic E-state index is 12.4. The average Bonchev–Trinajstić information content (AvgIpc) is 2.40. The molecule has 2 aliphatic rings. The second-order valence-electron chi connectivity index (χ2n) is 5.88. The van der Waals surface area contributed by atoms with Crippen molar-refractivity contribution >= 4 is 23.6 Å². The molecule has 2 aliphatic heterocycles. The number of rotatable bonds is 4. The van der Waals surface area contributed by atoms with Crippen LogP contribution in [0.5, 0.6) is 0 Å². The van der Waals surface area contributed by atoms with Crippen molar-refractivity contribution in [3.63, 3.8) is 0 Å². The second-order valence-corrected chi connectivity index (χ2v) is 7.03. The highest BCUT2D eigenvalue weighted by atomic mass is 32.2. The number of carbonyl (C=O) groups is 2. The predicted octanol–water partition coefficient (Wildman–Crippen LogP) is 1.14. The minimum absolute atomic E-state index is 0.00239. The summed E-state index contributed by atoms with van der Waals surface area (Å²) in [6.45, 7) is 5.09. The Morgan fingerprint density at radius 3 is 2.85 bits per heavy atom. The van der Waals surface area contributed by atoms with E-state index in [2.05, 4.69) is 11.8 Å². The molecule has 114 valence electrons. The van der Waals surface area contributed by atoms with E-state index in [9.17, 15) is 9.59 Å². The lowest BCUT2D eigenvalue weighted by molar-refractivity contribution is -0.140. The summed E-state index contributed by atoms with van der Waals surface area (Å²) in [6.07, 6.45) is 2.42. The minimum atomic E-state index is -0.776. The highest BCUT2D eigenvalue weighted by Crippen LogP contribution is 2.20. The summed E-state index contributed by atoms with van der Waals surface area (Å²) in [5.41, 5.74) is 0. The molecular formula is C14H24N2O3S. The summed E-state index contributed by atoms with van der Waals surface area (Å²) in [5, 5.41) is 8.97. The van der Waals surface area contributed by atoms with Crippen LogP contribution in [0.1, 0.15) is 26.2 Å². The topological polar surface area (TPSA) is 60.9 Å². The first-order valence-electron chi connectivity index (χ1n) is 7.37. The fraction of sp³-hybridized carbons (Fsp3) is 0.857. The van der Waals surface area contributed by atoms with E-state index in [1.54, 1.807) is 11.8 Å². The van der Waals surface area contributed by atoms with Crippen LogP contribution >= 0.6 is 11.8 Å². The van der Waals surface area contributed by atoms with Gasteiger partial charge in [-0.25, -0.2) is 0 Å². The van der Waals surface area contributed by atoms with Crippen molar-refractivity contribution in [3.8, 4) is 0 Å². The molecule has 2 fully saturated rings. The first kappa shape index (κ1) is 15.6. The molecule has 0 aliphatic carbocycles. The van der Waals surface area contributed by atoms with E-state index >= 15 is 0 Å². The number of piperidine rings is 1. The zero-order valence-electron chi connectivity index (χ0n) is 12.1. The fourth-order valence-corrected chi connectivity index (χ4v) is 4.11. The summed E-state index contributed by atoms with van der Waals surface area (Å²) in [5.74, 6) is 1.77. The Morgan fingerprint density at radius 2 is 2.15 bits per heavy atom. The van der Waals surface area contributed by atoms with E-state index in [0.29, 0.717) is 12.5 Å². The summed E-state index contributed by atoms with van der Waals surface area (Å²) < 4.78 is 0. The number of amides is 1. The Morgan fingerprint density at radius 1 is 1.35 bits per heavy atom. The summed E-state index contributed by atoms with van der Waals surface area (Å²) in [4.78, 5) is 27.3. The monoisotopic (exact) mass is 300 g/mol. The molecule has 6 heteroatoms. The molecule has 20 heavy (non-hydrogen) atoms. The molecule has 0 spiro atoms. The van der Waals surface area contributed by atoms with Gasteiger partial charge in [0.15, 0.2) is 0 Å². The molecule has 1 amide bonds. The van der Waals surface area contributed by atoms with Crippen molar-refractivity contribution in [2.45, 2.75) is 32.2 Å². The lowest BCUT2D eigenvalue weighted by atomic mass is 10.0. The molecule has 2 heterocycles. The highest BCUT2D eigenvalue weighted by Gasteiger charge is 2.29. The van der Waals surface area contributed by atoms with Crippen LogP contribution in [0.4, 0.5) is 0 Å². The fourth-order valence-electron chi connectivity index (χ4n) is 2.98. The number of aliphatic carboxylic acids is 1. The van der Waals surface area contributed by atoms with Crippen molar-refractivity contribution in [2.75, 3.05) is 37.7 Å². The number of carboxylic acids is 1. The minimum Gasteiger partial charge on any atom is -0.481 e. The molecule has 2 atom stereocenters. The van der Waals surface area contributed by atoms with Crippen LogP contribution in [0.25, 0.3) is 0 Å². The van der Waals surface area contributed by atoms with Crippen LogP contribution in [0.15, 0.2) is 0 Å². The number of hydrogen-bond donors (Lipinski definition) is 1. The van der Waals surface area contributed by atoms with Crippen molar-refractivity contribution in [1.29, 1.82) is 0 Å². The Bertz CT molecular complexity index is 364. The molecule has 0 radical (unpaired) electrons. The summed E-state index contributed by atoms with van der Waals surface area (Å²) in [7, 11) is 0. The number of hydrogen-bond acceptors (Lipinski definition) is 4. The third-order valence-electron chi connectivity index (χ3n) is 4.11. The lowest BCUT2D eigenvalue weighted by Gasteiger charge is -2.37. The van der Waals surface area contributed by atoms with Gasteiger partial charge in [0.1, 0.15) is 0 Å². The molecule has 0 saturated carbocycles. The Hall–Kier alpha value is -0.750. The highest BCUT2D eigenvalue weighted by molar-refractivity contribution is 7.99. The molecule has 0 aromatic heterocycles. The van der Waals surface area contributed by atoms with Crippen LogP contribution in [0, 0.1) is 5.92 Å². The van der Waals surface area contributed by atoms with Crippen LogP contribution in [-0.4, -0.2) is 70.5 Å². The van der Waals surface area contributed by atoms with Gasteiger partial charge in [-0.2, -0.15) is 11.8 Å². The van der Waals surface area contributed by atoms with E-state index < -0.39 is 5.97 Å². The number of carbonyl (C=O) groups excluding carboxylic acids is 1. The van der Waals surface area contributed by atoms with Gasteiger partial charge in [-0.1, -0.05) is 6.92 Å². The SMILES string of the molecule is CC1CCCN(C(=O)CN2CCSCC2CC(=O)O)C1. The van der Waals surface area contributed by atoms with Gasteiger partial charge in [0.05, 0.1) is 13.0 Å². The predicted molar refractivity (Wildman–Crippen MR) is 79.9 cm³/mol. The van der Waals surface area contributed by atoms with Gasteiger partial charge >= 0.3 is 5.97 Å². The average molecular weight is 300 g/mol. The molecule has 2 saturated heterocycles. The number of nitrogens with zero attached hydrogens (tertiary/aromatic N) is 2. The smallest absolute Gasteiger partial charge is 0.304 e. The van der Waals surface area contributed by atoms with E-state index in [4.69, 9.17) is 5.11 Å². The van der Waals surface area contributed by atoms with Gasteiger partial charge in [0.25, 0.3) is 0 Å². The number of likely N-dealkylation sites (tertiary alicyclic amines) is 1. The van der Waals surface area contributed by atoms with Crippen LogP contribution in [0.2, 0.25) is 0 Å². The van der Waals surface area contributed by atoms with E-state index in [1.807, 2.05) is 4.90 Å². The van der Waals surface area contributed by atoms with Gasteiger partial charge in [-0.3, -0.25) is 14.5 Å². The van der Waals surface area contributed by atoms with Gasteiger partial charge in [0, 0.05) is 37.2 Å². The van der Waals surface area contributed by atoms with E-state index in [-0.39, 0.29) is 18.4 Å². The van der Waals surface area contributed by atoms with Crippen LogP contribution in [-0.2, 0) is 9.59 Å². The third-order valence-corrected chi connectivity index (χ3v) is 5.20. The lowest BCUT2D eigenvalue weighted by Crippen LogP contribution is -2.50. The Labute approximate surface area is 124 Å². The largest absolute Gasteiger partial charge is 0.481 e. The van der Waals surface area contributed by atoms with Crippen molar-refractivity contribution in [3.05, 3.63) is 0 Å². The first-order valence-corrected chi connectivity index (χ1v) is 8.53. The number of thioether (sulfide) groups is 1. The second kappa shape index (κ2) is 7.31. The normalized spacial score (nSPS) is 28.4. The van der Waals surface area contributed by atoms with Gasteiger partial charge in [-0.05, 0) is 18.8 Å². The van der Waals surface area contributed by atoms with Gasteiger partial charge in [-0.15, -0.1) is 0 Å². The zero-order chi connectivity index (χ0) is 14.5. The Balaban J connectivity index is 1.88. The van der Waals surface area contributed by atoms with Gasteiger partial charge in [0.2, 0.25) is 5.91 Å². The first-order chi connectivity index (χ1) is 9.56. The van der Waals surface area contributed by atoms with E-state index in [1.165, 1.54) is 6.42 Å². The quantitative estimate of drug-likeness (QED) is 0.843. The zero-order valence-corrected chi connectivity index (χ0v) is 12.9. The molecule has 0 aromatic carbocycles. The van der Waals surface area contributed by atoms with E-state index in [0.717, 1.165) is 37.6 Å². The molecule has 0 aromatic rings. The van der Waals surface area contributed by atoms with Gasteiger partial charge < -0.3 is 10.0 Å². The van der Waals surface area contributed by atoms with Crippen molar-refractivity contribution in [1.82, 2.24) is 9.80 Å². The molecule has 0 bridgehead atoms. The molecular weight excluding hydrogens is 276 g/mol. The van der Waals surface area contributed by atoms with Crippen molar-refractivity contribution in [2.24, 2.45) is 5.92 Å². The maximum Gasteiger partial charge on any atom is 0.304 e. The standard InChI is InChI=1S/C14H24N2O3S/c1-11-3-2-4-16(8-11)13(17)9-15-5-6-20-10-12(15)7-14(18)19/h11-12H,2-10H2,1H3,(H,18,19). The van der Waals surface area contributed by atoms with Crippen molar-refractivity contribution < 1.29 is 14.7 Å². The summed E-state index contributed by atoms with van der Waals surface area (Å²) in [6, 6.07) is -0.00239. The molecule has 1 N–H and O–H groups in total. The summed E-state index contributed by atoms with van der Waals surface area (Å²) >= 11 is 1.78. The van der Waals surface area contributed by atoms with Crippen LogP contribution in [0.3, 0.4) is 0 Å². The Kier molecular flexibility index (Phi) is 5.72. The number of carboxylic acid groups (broad SMARTS) is 1. The maximum atomic E-state index is 12.4. The van der Waals surface area contributed by atoms with Crippen LogP contribution < -0.4 is 0 Å². The molecule has 2 unspecified atom stereocenters. The molecule has 2 rings (SSSR count). The molecule has 5 nitrogen and oxygen atoms in total.